The van der Waals surface area contributed by atoms with Gasteiger partial charge in [0.25, 0.3) is 8.32 Å². The smallest absolute Gasteiger partial charge is 0.341 e. The SMILES string of the molecule is CCCCC[C@H](O)C=C[C@@H]1[C@H]2Oc3cccc(OCC(=O)O)c3O[C@H]2C[C@H]1O[Si](c1ccccc1)(c1ccccc1)C(C)(C)C. The molecule has 2 N–H and O–H groups in total. The summed E-state index contributed by atoms with van der Waals surface area (Å²) < 4.78 is 26.4. The number of aliphatic hydroxyl groups excluding tert-OH is 1. The van der Waals surface area contributed by atoms with Crippen LogP contribution in [-0.4, -0.2) is 55.5 Å². The second-order valence-corrected chi connectivity index (χ2v) is 17.3. The van der Waals surface area contributed by atoms with Gasteiger partial charge >= 0.3 is 5.97 Å². The molecule has 240 valence electrons. The summed E-state index contributed by atoms with van der Waals surface area (Å²) >= 11 is 0. The van der Waals surface area contributed by atoms with Gasteiger partial charge in [0.1, 0.15) is 12.2 Å². The maximum absolute atomic E-state index is 11.2. The lowest BCUT2D eigenvalue weighted by molar-refractivity contribution is -0.139. The quantitative estimate of drug-likeness (QED) is 0.134. The minimum atomic E-state index is -2.92. The first kappa shape index (κ1) is 32.8. The van der Waals surface area contributed by atoms with E-state index in [2.05, 4.69) is 82.3 Å². The molecule has 5 atom stereocenters. The Hall–Kier alpha value is -3.59. The zero-order chi connectivity index (χ0) is 32.0. The number of ether oxygens (including phenoxy) is 3. The molecule has 45 heavy (non-hydrogen) atoms. The van der Waals surface area contributed by atoms with Crippen molar-refractivity contribution in [3.63, 3.8) is 0 Å². The van der Waals surface area contributed by atoms with Gasteiger partial charge in [-0.2, -0.15) is 0 Å². The summed E-state index contributed by atoms with van der Waals surface area (Å²) in [5, 5.41) is 22.2. The number of rotatable bonds is 13. The first-order valence-corrected chi connectivity index (χ1v) is 18.0. The molecule has 1 aliphatic heterocycles. The molecule has 0 amide bonds. The number of hydrogen-bond acceptors (Lipinski definition) is 6. The summed E-state index contributed by atoms with van der Waals surface area (Å²) in [7, 11) is -2.92. The van der Waals surface area contributed by atoms with Crippen LogP contribution >= 0.6 is 0 Å². The number of benzene rings is 3. The van der Waals surface area contributed by atoms with E-state index >= 15 is 0 Å². The fourth-order valence-corrected chi connectivity index (χ4v) is 11.5. The number of aliphatic hydroxyl groups is 1. The van der Waals surface area contributed by atoms with Gasteiger partial charge in [0.2, 0.25) is 5.75 Å². The Labute approximate surface area is 267 Å². The van der Waals surface area contributed by atoms with Crippen molar-refractivity contribution in [2.24, 2.45) is 5.92 Å². The van der Waals surface area contributed by atoms with Gasteiger partial charge in [0, 0.05) is 12.3 Å². The second kappa shape index (κ2) is 14.2. The number of unbranched alkanes of at least 4 members (excludes halogenated alkanes) is 2. The van der Waals surface area contributed by atoms with Gasteiger partial charge in [-0.1, -0.05) is 126 Å². The van der Waals surface area contributed by atoms with Crippen LogP contribution in [0.4, 0.5) is 0 Å². The van der Waals surface area contributed by atoms with Gasteiger partial charge in [0.15, 0.2) is 18.1 Å². The van der Waals surface area contributed by atoms with Crippen LogP contribution in [-0.2, 0) is 9.22 Å². The van der Waals surface area contributed by atoms with Gasteiger partial charge in [-0.25, -0.2) is 4.79 Å². The molecule has 1 aliphatic carbocycles. The highest BCUT2D eigenvalue weighted by atomic mass is 28.4. The van der Waals surface area contributed by atoms with Crippen LogP contribution in [0.15, 0.2) is 91.0 Å². The Morgan fingerprint density at radius 2 is 1.64 bits per heavy atom. The third kappa shape index (κ3) is 7.13. The molecule has 8 heteroatoms. The van der Waals surface area contributed by atoms with E-state index in [4.69, 9.17) is 18.6 Å². The van der Waals surface area contributed by atoms with Crippen LogP contribution in [0.5, 0.6) is 17.2 Å². The van der Waals surface area contributed by atoms with Crippen LogP contribution in [0, 0.1) is 5.92 Å². The molecule has 2 aliphatic rings. The Morgan fingerprint density at radius 3 is 2.24 bits per heavy atom. The fraction of sp³-hybridized carbons (Fsp3) is 0.432. The minimum absolute atomic E-state index is 0.200. The van der Waals surface area contributed by atoms with Crippen molar-refractivity contribution in [2.45, 2.75) is 89.3 Å². The van der Waals surface area contributed by atoms with Crippen molar-refractivity contribution >= 4 is 24.7 Å². The Kier molecular flexibility index (Phi) is 10.4. The molecule has 3 aromatic carbocycles. The lowest BCUT2D eigenvalue weighted by Gasteiger charge is -2.45. The number of carboxylic acids is 1. The van der Waals surface area contributed by atoms with E-state index in [1.165, 1.54) is 10.4 Å². The number of carbonyl (C=O) groups is 1. The Morgan fingerprint density at radius 1 is 0.978 bits per heavy atom. The summed E-state index contributed by atoms with van der Waals surface area (Å²) in [6.07, 6.45) is 6.82. The monoisotopic (exact) mass is 630 g/mol. The molecule has 0 bridgehead atoms. The van der Waals surface area contributed by atoms with Crippen molar-refractivity contribution < 1.29 is 33.6 Å². The van der Waals surface area contributed by atoms with Gasteiger partial charge in [-0.3, -0.25) is 0 Å². The lowest BCUT2D eigenvalue weighted by Crippen LogP contribution is -2.68. The molecule has 1 heterocycles. The fourth-order valence-electron chi connectivity index (χ4n) is 6.74. The van der Waals surface area contributed by atoms with E-state index < -0.39 is 27.0 Å². The molecule has 1 fully saturated rings. The largest absolute Gasteiger partial charge is 0.482 e. The number of aliphatic carboxylic acids is 1. The van der Waals surface area contributed by atoms with E-state index in [1.807, 2.05) is 24.3 Å². The van der Waals surface area contributed by atoms with Crippen LogP contribution in [0.3, 0.4) is 0 Å². The van der Waals surface area contributed by atoms with E-state index in [9.17, 15) is 15.0 Å². The highest BCUT2D eigenvalue weighted by molar-refractivity contribution is 6.99. The van der Waals surface area contributed by atoms with Crippen molar-refractivity contribution in [3.05, 3.63) is 91.0 Å². The van der Waals surface area contributed by atoms with E-state index in [0.29, 0.717) is 30.1 Å². The van der Waals surface area contributed by atoms with Crippen molar-refractivity contribution in [2.75, 3.05) is 6.61 Å². The van der Waals surface area contributed by atoms with Crippen LogP contribution in [0.1, 0.15) is 59.8 Å². The predicted molar refractivity (Wildman–Crippen MR) is 178 cm³/mol. The average Bonchev–Trinajstić information content (AvgIpc) is 3.36. The van der Waals surface area contributed by atoms with E-state index in [1.54, 1.807) is 12.1 Å². The molecule has 3 aromatic rings. The molecule has 0 unspecified atom stereocenters. The molecule has 1 saturated carbocycles. The van der Waals surface area contributed by atoms with E-state index in [-0.39, 0.29) is 29.3 Å². The van der Waals surface area contributed by atoms with Crippen molar-refractivity contribution in [3.8, 4) is 17.2 Å². The Bertz CT molecular complexity index is 1400. The van der Waals surface area contributed by atoms with Crippen molar-refractivity contribution in [1.82, 2.24) is 0 Å². The van der Waals surface area contributed by atoms with Crippen LogP contribution in [0.2, 0.25) is 5.04 Å². The third-order valence-corrected chi connectivity index (χ3v) is 13.9. The summed E-state index contributed by atoms with van der Waals surface area (Å²) in [5.74, 6) is -0.0116. The van der Waals surface area contributed by atoms with Gasteiger partial charge < -0.3 is 28.8 Å². The lowest BCUT2D eigenvalue weighted by atomic mass is 10.00. The molecule has 0 spiro atoms. The Balaban J connectivity index is 1.54. The zero-order valence-electron chi connectivity index (χ0n) is 26.7. The normalized spacial score (nSPS) is 21.8. The number of hydrogen-bond donors (Lipinski definition) is 2. The molecule has 5 rings (SSSR count). The summed E-state index contributed by atoms with van der Waals surface area (Å²) in [5.41, 5.74) is 0. The molecule has 0 saturated heterocycles. The highest BCUT2D eigenvalue weighted by Crippen LogP contribution is 2.49. The number of para-hydroxylation sites is 1. The van der Waals surface area contributed by atoms with Crippen molar-refractivity contribution in [1.29, 1.82) is 0 Å². The van der Waals surface area contributed by atoms with Gasteiger partial charge in [0.05, 0.1) is 12.2 Å². The first-order chi connectivity index (χ1) is 21.6. The molecular weight excluding hydrogens is 584 g/mol. The number of fused-ring (bicyclic) bond motifs is 2. The standard InChI is InChI=1S/C37H46O7Si/c1-5-6-9-15-26(38)22-23-29-32(24-33-35(29)42-31-21-14-20-30(36(31)43-33)41-25-34(39)40)44-45(37(2,3)4,27-16-10-7-11-17-27)28-18-12-8-13-19-28/h7-8,10-14,16-23,26,29,32-33,35,38H,5-6,9,15,24-25H2,1-4H3,(H,39,40)/t26-,29-,32+,33-,35+/m0/s1. The number of carboxylic acid groups (broad SMARTS) is 1. The molecular formula is C37H46O7Si. The topological polar surface area (TPSA) is 94.5 Å². The molecule has 7 nitrogen and oxygen atoms in total. The summed E-state index contributed by atoms with van der Waals surface area (Å²) in [4.78, 5) is 11.2. The van der Waals surface area contributed by atoms with Crippen LogP contribution < -0.4 is 24.6 Å². The summed E-state index contributed by atoms with van der Waals surface area (Å²) in [6, 6.07) is 26.4. The maximum Gasteiger partial charge on any atom is 0.341 e. The molecule has 0 radical (unpaired) electrons. The van der Waals surface area contributed by atoms with Crippen LogP contribution in [0.25, 0.3) is 0 Å². The molecule has 0 aromatic heterocycles. The maximum atomic E-state index is 11.2. The van der Waals surface area contributed by atoms with Gasteiger partial charge in [-0.05, 0) is 34.0 Å². The van der Waals surface area contributed by atoms with E-state index in [0.717, 1.165) is 19.3 Å². The zero-order valence-corrected chi connectivity index (χ0v) is 27.7. The third-order valence-electron chi connectivity index (χ3n) is 8.87. The second-order valence-electron chi connectivity index (χ2n) is 13.1. The van der Waals surface area contributed by atoms with Gasteiger partial charge in [-0.15, -0.1) is 0 Å². The average molecular weight is 631 g/mol. The summed E-state index contributed by atoms with van der Waals surface area (Å²) in [6.45, 7) is 8.47. The first-order valence-electron chi connectivity index (χ1n) is 16.1. The highest BCUT2D eigenvalue weighted by Gasteiger charge is 2.56. The predicted octanol–water partition coefficient (Wildman–Crippen LogP) is 6.12. The minimum Gasteiger partial charge on any atom is -0.482 e.